The molecule has 0 spiro atoms. The lowest BCUT2D eigenvalue weighted by Crippen LogP contribution is -2.37. The highest BCUT2D eigenvalue weighted by Gasteiger charge is 2.21. The van der Waals surface area contributed by atoms with Crippen LogP contribution in [-0.2, 0) is 32.7 Å². The molecule has 0 aliphatic rings. The SMILES string of the molecule is CCCCC/C=C/CCCCCCCC(=O)O[C@H](COC(=O)/C=C/C=C/CCCCCCCCCCCCC)COP(=O)([O-])OCC[N+](C)(C)C. The third-order valence-electron chi connectivity index (χ3n) is 8.49. The van der Waals surface area contributed by atoms with Gasteiger partial charge >= 0.3 is 11.9 Å². The van der Waals surface area contributed by atoms with E-state index in [9.17, 15) is 19.0 Å². The second kappa shape index (κ2) is 34.0. The van der Waals surface area contributed by atoms with Crippen LogP contribution in [0.5, 0.6) is 0 Å². The van der Waals surface area contributed by atoms with Crippen molar-refractivity contribution in [3.63, 3.8) is 0 Å². The van der Waals surface area contributed by atoms with Crippen molar-refractivity contribution in [3.05, 3.63) is 36.5 Å². The molecular formula is C41H76NO8P. The molecule has 0 N–H and O–H groups in total. The fourth-order valence-corrected chi connectivity index (χ4v) is 6.00. The maximum absolute atomic E-state index is 12.6. The molecule has 0 saturated carbocycles. The van der Waals surface area contributed by atoms with Gasteiger partial charge in [-0.05, 0) is 44.9 Å². The van der Waals surface area contributed by atoms with Gasteiger partial charge in [0.25, 0.3) is 7.82 Å². The van der Waals surface area contributed by atoms with Gasteiger partial charge in [0.05, 0.1) is 27.7 Å². The maximum atomic E-state index is 12.6. The normalized spacial score (nSPS) is 14.1. The lowest BCUT2D eigenvalue weighted by atomic mass is 10.1. The zero-order chi connectivity index (χ0) is 37.9. The molecule has 298 valence electrons. The van der Waals surface area contributed by atoms with Gasteiger partial charge in [-0.15, -0.1) is 0 Å². The fraction of sp³-hybridized carbons (Fsp3) is 0.805. The summed E-state index contributed by atoms with van der Waals surface area (Å²) in [6.45, 7) is 4.05. The third-order valence-corrected chi connectivity index (χ3v) is 9.45. The summed E-state index contributed by atoms with van der Waals surface area (Å²) in [5.41, 5.74) is 0. The number of unbranched alkanes of at least 4 members (excludes halogenated alkanes) is 19. The average Bonchev–Trinajstić information content (AvgIpc) is 3.07. The van der Waals surface area contributed by atoms with Crippen LogP contribution in [0.15, 0.2) is 36.5 Å². The molecule has 0 aliphatic heterocycles. The molecule has 0 saturated heterocycles. The Kier molecular flexibility index (Phi) is 32.8. The number of nitrogens with zero attached hydrogens (tertiary/aromatic N) is 1. The van der Waals surface area contributed by atoms with Gasteiger partial charge in [0.2, 0.25) is 0 Å². The molecule has 51 heavy (non-hydrogen) atoms. The van der Waals surface area contributed by atoms with Crippen LogP contribution in [-0.4, -0.2) is 70.0 Å². The van der Waals surface area contributed by atoms with E-state index < -0.39 is 32.5 Å². The lowest BCUT2D eigenvalue weighted by Gasteiger charge is -2.28. The maximum Gasteiger partial charge on any atom is 0.330 e. The molecule has 0 radical (unpaired) electrons. The predicted molar refractivity (Wildman–Crippen MR) is 208 cm³/mol. The van der Waals surface area contributed by atoms with Crippen LogP contribution in [0.1, 0.15) is 162 Å². The van der Waals surface area contributed by atoms with E-state index in [-0.39, 0.29) is 19.6 Å². The standard InChI is InChI=1S/C41H76NO8P/c1-6-8-10-12-14-16-18-20-21-22-24-25-27-29-31-33-40(43)47-37-39(38-49-51(45,46)48-36-35-42(3,4)5)50-41(44)34-32-30-28-26-23-19-17-15-13-11-9-7-2/h15,17,27,29,31,33,39H,6-14,16,18-26,28,30,32,34-38H2,1-5H3/b17-15+,29-27+,33-31+/t39-/m1/s1. The van der Waals surface area contributed by atoms with E-state index in [2.05, 4.69) is 26.0 Å². The number of carbonyl (C=O) groups is 2. The number of hydrogen-bond donors (Lipinski definition) is 0. The molecule has 10 heteroatoms. The largest absolute Gasteiger partial charge is 0.756 e. The van der Waals surface area contributed by atoms with Crippen molar-refractivity contribution in [2.75, 3.05) is 47.5 Å². The van der Waals surface area contributed by atoms with Crippen molar-refractivity contribution >= 4 is 19.8 Å². The molecule has 9 nitrogen and oxygen atoms in total. The predicted octanol–water partition coefficient (Wildman–Crippen LogP) is 10.3. The Hall–Kier alpha value is -1.77. The number of esters is 2. The van der Waals surface area contributed by atoms with Gasteiger partial charge in [-0.1, -0.05) is 141 Å². The highest BCUT2D eigenvalue weighted by molar-refractivity contribution is 7.45. The van der Waals surface area contributed by atoms with Crippen molar-refractivity contribution in [2.24, 2.45) is 0 Å². The minimum Gasteiger partial charge on any atom is -0.756 e. The van der Waals surface area contributed by atoms with Gasteiger partial charge < -0.3 is 27.9 Å². The first-order valence-electron chi connectivity index (χ1n) is 20.2. The Morgan fingerprint density at radius 1 is 0.647 bits per heavy atom. The first kappa shape index (κ1) is 49.2. The van der Waals surface area contributed by atoms with Crippen LogP contribution in [0.2, 0.25) is 0 Å². The van der Waals surface area contributed by atoms with Gasteiger partial charge in [-0.2, -0.15) is 0 Å². The highest BCUT2D eigenvalue weighted by Crippen LogP contribution is 2.38. The summed E-state index contributed by atoms with van der Waals surface area (Å²) in [7, 11) is 1.11. The third kappa shape index (κ3) is 37.8. The number of allylic oxidation sites excluding steroid dienone is 5. The second-order valence-electron chi connectivity index (χ2n) is 14.7. The van der Waals surface area contributed by atoms with Crippen LogP contribution >= 0.6 is 7.82 Å². The molecule has 2 atom stereocenters. The Morgan fingerprint density at radius 3 is 1.71 bits per heavy atom. The number of rotatable bonds is 36. The molecular weight excluding hydrogens is 665 g/mol. The summed E-state index contributed by atoms with van der Waals surface area (Å²) in [6, 6.07) is 0. The van der Waals surface area contributed by atoms with E-state index >= 15 is 0 Å². The molecule has 0 fully saturated rings. The van der Waals surface area contributed by atoms with E-state index in [1.165, 1.54) is 89.5 Å². The topological polar surface area (TPSA) is 111 Å². The Bertz CT molecular complexity index is 975. The van der Waals surface area contributed by atoms with Crippen LogP contribution in [0.4, 0.5) is 0 Å². The Labute approximate surface area is 312 Å². The quantitative estimate of drug-likeness (QED) is 0.0119. The minimum atomic E-state index is -4.64. The van der Waals surface area contributed by atoms with Gasteiger partial charge in [0.1, 0.15) is 19.8 Å². The molecule has 0 bridgehead atoms. The van der Waals surface area contributed by atoms with Crippen molar-refractivity contribution in [3.8, 4) is 0 Å². The number of ether oxygens (including phenoxy) is 2. The van der Waals surface area contributed by atoms with Crippen LogP contribution < -0.4 is 4.89 Å². The van der Waals surface area contributed by atoms with E-state index in [4.69, 9.17) is 18.5 Å². The van der Waals surface area contributed by atoms with E-state index in [0.717, 1.165) is 51.4 Å². The summed E-state index contributed by atoms with van der Waals surface area (Å²) in [5.74, 6) is -1.10. The van der Waals surface area contributed by atoms with Crippen LogP contribution in [0, 0.1) is 0 Å². The molecule has 0 heterocycles. The van der Waals surface area contributed by atoms with Gasteiger partial charge in [-0.25, -0.2) is 4.79 Å². The molecule has 1 unspecified atom stereocenters. The molecule has 0 rings (SSSR count). The molecule has 0 aromatic heterocycles. The van der Waals surface area contributed by atoms with Crippen molar-refractivity contribution in [2.45, 2.75) is 168 Å². The fourth-order valence-electron chi connectivity index (χ4n) is 5.27. The average molecular weight is 742 g/mol. The van der Waals surface area contributed by atoms with Crippen molar-refractivity contribution in [1.82, 2.24) is 0 Å². The Balaban J connectivity index is 4.52. The number of phosphoric acid groups is 1. The number of hydrogen-bond acceptors (Lipinski definition) is 8. The van der Waals surface area contributed by atoms with E-state index in [1.807, 2.05) is 33.3 Å². The van der Waals surface area contributed by atoms with E-state index in [1.54, 1.807) is 6.08 Å². The van der Waals surface area contributed by atoms with E-state index in [0.29, 0.717) is 17.4 Å². The smallest absolute Gasteiger partial charge is 0.330 e. The second-order valence-corrected chi connectivity index (χ2v) is 16.1. The summed E-state index contributed by atoms with van der Waals surface area (Å²) in [6.07, 6.45) is 36.6. The highest BCUT2D eigenvalue weighted by atomic mass is 31.2. The summed E-state index contributed by atoms with van der Waals surface area (Å²) < 4.78 is 33.6. The lowest BCUT2D eigenvalue weighted by molar-refractivity contribution is -0.870. The van der Waals surface area contributed by atoms with Crippen LogP contribution in [0.25, 0.3) is 0 Å². The van der Waals surface area contributed by atoms with Crippen molar-refractivity contribution < 1.29 is 42.1 Å². The van der Waals surface area contributed by atoms with Crippen molar-refractivity contribution in [1.29, 1.82) is 0 Å². The first-order chi connectivity index (χ1) is 24.5. The number of likely N-dealkylation sites (N-methyl/N-ethyl adjacent to an activating group) is 1. The summed E-state index contributed by atoms with van der Waals surface area (Å²) in [5, 5.41) is 0. The summed E-state index contributed by atoms with van der Waals surface area (Å²) >= 11 is 0. The first-order valence-corrected chi connectivity index (χ1v) is 21.7. The molecule has 0 aromatic rings. The zero-order valence-electron chi connectivity index (χ0n) is 33.3. The zero-order valence-corrected chi connectivity index (χ0v) is 34.2. The molecule has 0 amide bonds. The Morgan fingerprint density at radius 2 is 1.14 bits per heavy atom. The molecule has 0 aliphatic carbocycles. The van der Waals surface area contributed by atoms with Gasteiger partial charge in [-0.3, -0.25) is 9.36 Å². The number of quaternary nitrogens is 1. The van der Waals surface area contributed by atoms with Crippen LogP contribution in [0.3, 0.4) is 0 Å². The van der Waals surface area contributed by atoms with Gasteiger partial charge in [0, 0.05) is 12.5 Å². The number of carbonyl (C=O) groups excluding carboxylic acids is 2. The number of phosphoric ester groups is 1. The monoisotopic (exact) mass is 742 g/mol. The molecule has 0 aromatic carbocycles. The summed E-state index contributed by atoms with van der Waals surface area (Å²) in [4.78, 5) is 37.2. The van der Waals surface area contributed by atoms with Gasteiger partial charge in [0.15, 0.2) is 6.10 Å². The minimum absolute atomic E-state index is 0.0451.